The predicted molar refractivity (Wildman–Crippen MR) is 82.5 cm³/mol. The number of rotatable bonds is 6. The quantitative estimate of drug-likeness (QED) is 0.500. The lowest BCUT2D eigenvalue weighted by Crippen LogP contribution is -2.42. The molecule has 0 atom stereocenters. The molecule has 22 heavy (non-hydrogen) atoms. The lowest BCUT2D eigenvalue weighted by molar-refractivity contribution is -0.373. The maximum atomic E-state index is 12.8. The second-order valence-electron chi connectivity index (χ2n) is 7.42. The molecule has 0 heterocycles. The number of halogens is 3. The molecule has 0 aromatic rings. The van der Waals surface area contributed by atoms with E-state index in [-0.39, 0.29) is 0 Å². The highest BCUT2D eigenvalue weighted by molar-refractivity contribution is 4.90. The van der Waals surface area contributed by atoms with Gasteiger partial charge in [-0.05, 0) is 43.9 Å². The molecule has 0 aromatic heterocycles. The lowest BCUT2D eigenvalue weighted by atomic mass is 9.68. The summed E-state index contributed by atoms with van der Waals surface area (Å²) in [4.78, 5) is 0. The van der Waals surface area contributed by atoms with Gasteiger partial charge in [0, 0.05) is 0 Å². The van der Waals surface area contributed by atoms with E-state index in [2.05, 4.69) is 11.7 Å². The fraction of sp³-hybridized carbons (Fsp3) is 1.00. The second kappa shape index (κ2) is 8.03. The molecule has 2 rings (SSSR count). The average Bonchev–Trinajstić information content (AvgIpc) is 2.47. The van der Waals surface area contributed by atoms with Crippen LogP contribution < -0.4 is 0 Å². The minimum atomic E-state index is -4.50. The highest BCUT2D eigenvalue weighted by atomic mass is 19.4. The maximum Gasteiger partial charge on any atom is 0.523 e. The first-order valence-electron chi connectivity index (χ1n) is 9.21. The van der Waals surface area contributed by atoms with Crippen molar-refractivity contribution in [1.29, 1.82) is 0 Å². The van der Waals surface area contributed by atoms with Gasteiger partial charge in [0.15, 0.2) is 0 Å². The van der Waals surface area contributed by atoms with Crippen molar-refractivity contribution in [1.82, 2.24) is 0 Å². The van der Waals surface area contributed by atoms with Crippen molar-refractivity contribution >= 4 is 0 Å². The molecule has 0 radical (unpaired) electrons. The Morgan fingerprint density at radius 2 is 1.50 bits per heavy atom. The molecule has 0 aliphatic heterocycles. The van der Waals surface area contributed by atoms with Crippen molar-refractivity contribution in [2.24, 2.45) is 11.8 Å². The van der Waals surface area contributed by atoms with Crippen LogP contribution in [0.1, 0.15) is 90.4 Å². The average molecular weight is 320 g/mol. The van der Waals surface area contributed by atoms with Crippen molar-refractivity contribution in [3.63, 3.8) is 0 Å². The smallest absolute Gasteiger partial charge is 0.285 e. The van der Waals surface area contributed by atoms with Gasteiger partial charge in [0.2, 0.25) is 0 Å². The first-order valence-corrected chi connectivity index (χ1v) is 9.21. The Morgan fingerprint density at radius 3 is 2.05 bits per heavy atom. The third-order valence-corrected chi connectivity index (χ3v) is 5.83. The van der Waals surface area contributed by atoms with Crippen LogP contribution in [-0.4, -0.2) is 12.0 Å². The van der Waals surface area contributed by atoms with Gasteiger partial charge in [0.1, 0.15) is 0 Å². The van der Waals surface area contributed by atoms with Gasteiger partial charge >= 0.3 is 6.36 Å². The monoisotopic (exact) mass is 320 g/mol. The molecule has 0 spiro atoms. The van der Waals surface area contributed by atoms with Gasteiger partial charge in [-0.15, -0.1) is 13.2 Å². The van der Waals surface area contributed by atoms with Crippen molar-refractivity contribution in [3.8, 4) is 0 Å². The minimum absolute atomic E-state index is 0.567. The minimum Gasteiger partial charge on any atom is -0.285 e. The van der Waals surface area contributed by atoms with Gasteiger partial charge < -0.3 is 0 Å². The van der Waals surface area contributed by atoms with Gasteiger partial charge in [0.25, 0.3) is 0 Å². The van der Waals surface area contributed by atoms with E-state index < -0.39 is 12.0 Å². The predicted octanol–water partition coefficient (Wildman–Crippen LogP) is 6.61. The van der Waals surface area contributed by atoms with Gasteiger partial charge in [-0.25, -0.2) is 0 Å². The van der Waals surface area contributed by atoms with Crippen molar-refractivity contribution in [3.05, 3.63) is 0 Å². The molecular weight excluding hydrogens is 289 g/mol. The summed E-state index contributed by atoms with van der Waals surface area (Å²) in [5.41, 5.74) is -0.932. The van der Waals surface area contributed by atoms with Crippen molar-refractivity contribution in [2.45, 2.75) is 102 Å². The normalized spacial score (nSPS) is 31.4. The van der Waals surface area contributed by atoms with Gasteiger partial charge in [0.05, 0.1) is 5.60 Å². The third-order valence-electron chi connectivity index (χ3n) is 5.83. The van der Waals surface area contributed by atoms with Crippen LogP contribution in [0, 0.1) is 11.8 Å². The summed E-state index contributed by atoms with van der Waals surface area (Å²) in [6.07, 6.45) is 8.50. The highest BCUT2D eigenvalue weighted by Crippen LogP contribution is 2.46. The Kier molecular flexibility index (Phi) is 6.60. The van der Waals surface area contributed by atoms with Crippen LogP contribution in [0.2, 0.25) is 0 Å². The molecule has 2 saturated carbocycles. The van der Waals surface area contributed by atoms with E-state index in [9.17, 15) is 13.2 Å². The highest BCUT2D eigenvalue weighted by Gasteiger charge is 2.46. The molecule has 1 nitrogen and oxygen atoms in total. The Hall–Kier alpha value is -0.250. The zero-order valence-electron chi connectivity index (χ0n) is 13.9. The number of ether oxygens (including phenoxy) is 1. The second-order valence-corrected chi connectivity index (χ2v) is 7.42. The molecule has 0 bridgehead atoms. The van der Waals surface area contributed by atoms with Gasteiger partial charge in [-0.3, -0.25) is 4.74 Å². The molecule has 2 aliphatic carbocycles. The molecule has 0 aromatic carbocycles. The van der Waals surface area contributed by atoms with E-state index in [1.54, 1.807) is 0 Å². The van der Waals surface area contributed by atoms with E-state index in [1.807, 2.05) is 0 Å². The molecule has 0 unspecified atom stereocenters. The third kappa shape index (κ3) is 5.43. The fourth-order valence-corrected chi connectivity index (χ4v) is 4.59. The van der Waals surface area contributed by atoms with Crippen LogP contribution in [-0.2, 0) is 4.74 Å². The van der Waals surface area contributed by atoms with Crippen LogP contribution in [0.25, 0.3) is 0 Å². The number of unbranched alkanes of at least 4 members (excludes halogenated alkanes) is 2. The molecular formula is C18H31F3O. The summed E-state index contributed by atoms with van der Waals surface area (Å²) in [5, 5.41) is 0. The zero-order chi connectivity index (χ0) is 16.1. The van der Waals surface area contributed by atoms with E-state index >= 15 is 0 Å². The fourth-order valence-electron chi connectivity index (χ4n) is 4.59. The molecule has 4 heteroatoms. The molecule has 0 N–H and O–H groups in total. The standard InChI is InChI=1S/C18H31F3O/c1-2-3-7-12-17(22-18(19,20)21)13-10-16(11-14-17)15-8-5-4-6-9-15/h15-16H,2-14H2,1H3. The number of hydrogen-bond acceptors (Lipinski definition) is 1. The Bertz CT molecular complexity index is 313. The number of hydrogen-bond donors (Lipinski definition) is 0. The first-order chi connectivity index (χ1) is 10.4. The van der Waals surface area contributed by atoms with Crippen LogP contribution in [0.3, 0.4) is 0 Å². The van der Waals surface area contributed by atoms with Crippen LogP contribution in [0.4, 0.5) is 13.2 Å². The summed E-state index contributed by atoms with van der Waals surface area (Å²) < 4.78 is 43.1. The molecule has 2 fully saturated rings. The summed E-state index contributed by atoms with van der Waals surface area (Å²) in [5.74, 6) is 1.39. The molecule has 0 amide bonds. The van der Waals surface area contributed by atoms with Crippen molar-refractivity contribution < 1.29 is 17.9 Å². The van der Waals surface area contributed by atoms with Crippen LogP contribution in [0.15, 0.2) is 0 Å². The van der Waals surface area contributed by atoms with E-state index in [0.29, 0.717) is 25.2 Å². The summed E-state index contributed by atoms with van der Waals surface area (Å²) in [6.45, 7) is 2.08. The Labute approximate surface area is 133 Å². The van der Waals surface area contributed by atoms with Crippen molar-refractivity contribution in [2.75, 3.05) is 0 Å². The maximum absolute atomic E-state index is 12.8. The van der Waals surface area contributed by atoms with Gasteiger partial charge in [-0.1, -0.05) is 58.3 Å². The van der Waals surface area contributed by atoms with E-state index in [1.165, 1.54) is 32.1 Å². The van der Waals surface area contributed by atoms with Crippen LogP contribution >= 0.6 is 0 Å². The molecule has 0 saturated heterocycles. The van der Waals surface area contributed by atoms with E-state index in [4.69, 9.17) is 0 Å². The first kappa shape index (κ1) is 18.1. The van der Waals surface area contributed by atoms with E-state index in [0.717, 1.165) is 38.0 Å². The summed E-state index contributed by atoms with van der Waals surface area (Å²) in [7, 11) is 0. The molecule has 130 valence electrons. The largest absolute Gasteiger partial charge is 0.523 e. The molecule has 2 aliphatic rings. The topological polar surface area (TPSA) is 9.23 Å². The summed E-state index contributed by atoms with van der Waals surface area (Å²) in [6, 6.07) is 0. The zero-order valence-corrected chi connectivity index (χ0v) is 13.9. The lowest BCUT2D eigenvalue weighted by Gasteiger charge is -2.43. The SMILES string of the molecule is CCCCCC1(OC(F)(F)F)CCC(C2CCCCC2)CC1. The number of alkyl halides is 3. The summed E-state index contributed by atoms with van der Waals surface area (Å²) >= 11 is 0. The van der Waals surface area contributed by atoms with Gasteiger partial charge in [-0.2, -0.15) is 0 Å². The Balaban J connectivity index is 1.90. The Morgan fingerprint density at radius 1 is 0.909 bits per heavy atom. The van der Waals surface area contributed by atoms with Crippen LogP contribution in [0.5, 0.6) is 0 Å².